The number of likely N-dealkylation sites (tertiary alicyclic amines) is 1. The van der Waals surface area contributed by atoms with E-state index in [1.807, 2.05) is 6.07 Å². The Bertz CT molecular complexity index is 809. The maximum Gasteiger partial charge on any atom is 0.234 e. The summed E-state index contributed by atoms with van der Waals surface area (Å²) in [7, 11) is 0. The number of amides is 1. The summed E-state index contributed by atoms with van der Waals surface area (Å²) < 4.78 is 5.98. The van der Waals surface area contributed by atoms with Crippen LogP contribution in [-0.2, 0) is 11.2 Å². The Morgan fingerprint density at radius 2 is 1.96 bits per heavy atom. The summed E-state index contributed by atoms with van der Waals surface area (Å²) in [5.41, 5.74) is 2.94. The van der Waals surface area contributed by atoms with Crippen LogP contribution in [0.2, 0.25) is 5.02 Å². The van der Waals surface area contributed by atoms with E-state index in [0.717, 1.165) is 36.2 Å². The van der Waals surface area contributed by atoms with Gasteiger partial charge in [-0.05, 0) is 43.6 Å². The Morgan fingerprint density at radius 1 is 1.19 bits per heavy atom. The second-order valence-corrected chi connectivity index (χ2v) is 7.57. The fourth-order valence-corrected chi connectivity index (χ4v) is 4.00. The molecule has 27 heavy (non-hydrogen) atoms. The first kappa shape index (κ1) is 18.2. The van der Waals surface area contributed by atoms with E-state index in [2.05, 4.69) is 26.3 Å². The number of benzene rings is 1. The summed E-state index contributed by atoms with van der Waals surface area (Å²) in [4.78, 5) is 22.5. The van der Waals surface area contributed by atoms with Crippen LogP contribution < -0.4 is 10.1 Å². The lowest BCUT2D eigenvalue weighted by Gasteiger charge is -2.25. The molecule has 0 saturated carbocycles. The van der Waals surface area contributed by atoms with E-state index in [4.69, 9.17) is 16.3 Å². The van der Waals surface area contributed by atoms with Gasteiger partial charge in [0.05, 0.1) is 18.1 Å². The SMILES string of the molecule is O=C(CN1CCCCC1)NC[C@@H]1Cc2cc(-c3cncnc3)cc(Cl)c2O1. The zero-order chi connectivity index (χ0) is 18.6. The highest BCUT2D eigenvalue weighted by Gasteiger charge is 2.26. The molecular weight excluding hydrogens is 364 g/mol. The van der Waals surface area contributed by atoms with Crippen molar-refractivity contribution >= 4 is 17.5 Å². The van der Waals surface area contributed by atoms with Crippen LogP contribution in [-0.4, -0.2) is 53.1 Å². The lowest BCUT2D eigenvalue weighted by atomic mass is 10.0. The van der Waals surface area contributed by atoms with Crippen molar-refractivity contribution in [1.29, 1.82) is 0 Å². The number of ether oxygens (including phenoxy) is 1. The summed E-state index contributed by atoms with van der Waals surface area (Å²) >= 11 is 6.42. The van der Waals surface area contributed by atoms with Gasteiger partial charge in [-0.15, -0.1) is 0 Å². The summed E-state index contributed by atoms with van der Waals surface area (Å²) in [6.07, 6.45) is 9.29. The molecule has 1 aromatic heterocycles. The smallest absolute Gasteiger partial charge is 0.234 e. The van der Waals surface area contributed by atoms with Gasteiger partial charge in [0, 0.05) is 29.9 Å². The second kappa shape index (κ2) is 8.23. The number of fused-ring (bicyclic) bond motifs is 1. The predicted molar refractivity (Wildman–Crippen MR) is 104 cm³/mol. The molecule has 0 aliphatic carbocycles. The minimum atomic E-state index is -0.0925. The van der Waals surface area contributed by atoms with Crippen molar-refractivity contribution in [3.8, 4) is 16.9 Å². The molecule has 6 nitrogen and oxygen atoms in total. The number of carbonyl (C=O) groups is 1. The third-order valence-corrected chi connectivity index (χ3v) is 5.37. The van der Waals surface area contributed by atoms with Gasteiger partial charge in [-0.3, -0.25) is 9.69 Å². The van der Waals surface area contributed by atoms with Crippen molar-refractivity contribution in [2.75, 3.05) is 26.2 Å². The molecule has 3 heterocycles. The highest BCUT2D eigenvalue weighted by Crippen LogP contribution is 2.39. The number of hydrogen-bond acceptors (Lipinski definition) is 5. The number of hydrogen-bond donors (Lipinski definition) is 1. The fraction of sp³-hybridized carbons (Fsp3) is 0.450. The number of piperidine rings is 1. The quantitative estimate of drug-likeness (QED) is 0.855. The summed E-state index contributed by atoms with van der Waals surface area (Å²) in [5.74, 6) is 0.775. The molecule has 0 unspecified atom stereocenters. The molecule has 1 aromatic carbocycles. The summed E-state index contributed by atoms with van der Waals surface area (Å²) in [6.45, 7) is 2.99. The lowest BCUT2D eigenvalue weighted by molar-refractivity contribution is -0.122. The molecule has 142 valence electrons. The molecule has 2 aromatic rings. The molecule has 2 aliphatic heterocycles. The van der Waals surface area contributed by atoms with Gasteiger partial charge in [-0.1, -0.05) is 18.0 Å². The average Bonchev–Trinajstić information content (AvgIpc) is 3.12. The van der Waals surface area contributed by atoms with E-state index in [0.29, 0.717) is 23.9 Å². The minimum Gasteiger partial charge on any atom is -0.486 e. The standard InChI is InChI=1S/C20H23ClN4O2/c21-18-8-14(16-9-22-13-23-10-16)6-15-7-17(27-20(15)18)11-24-19(26)12-25-4-2-1-3-5-25/h6,8-10,13,17H,1-5,7,11-12H2,(H,24,26)/t17-/m0/s1. The van der Waals surface area contributed by atoms with Gasteiger partial charge >= 0.3 is 0 Å². The van der Waals surface area contributed by atoms with Gasteiger partial charge in [0.25, 0.3) is 0 Å². The highest BCUT2D eigenvalue weighted by molar-refractivity contribution is 6.32. The highest BCUT2D eigenvalue weighted by atomic mass is 35.5. The number of carbonyl (C=O) groups excluding carboxylic acids is 1. The molecule has 1 saturated heterocycles. The van der Waals surface area contributed by atoms with Gasteiger partial charge < -0.3 is 10.1 Å². The Kier molecular flexibility index (Phi) is 5.55. The van der Waals surface area contributed by atoms with Crippen molar-refractivity contribution in [1.82, 2.24) is 20.2 Å². The zero-order valence-corrected chi connectivity index (χ0v) is 15.9. The number of aromatic nitrogens is 2. The van der Waals surface area contributed by atoms with Crippen LogP contribution in [0.1, 0.15) is 24.8 Å². The Labute approximate surface area is 163 Å². The molecule has 1 atom stereocenters. The first-order valence-corrected chi connectivity index (χ1v) is 9.80. The number of rotatable bonds is 5. The molecule has 0 spiro atoms. The molecule has 0 bridgehead atoms. The molecular formula is C20H23ClN4O2. The normalized spacial score (nSPS) is 19.4. The Morgan fingerprint density at radius 3 is 2.74 bits per heavy atom. The van der Waals surface area contributed by atoms with Crippen molar-refractivity contribution < 1.29 is 9.53 Å². The van der Waals surface area contributed by atoms with E-state index in [9.17, 15) is 4.79 Å². The molecule has 0 radical (unpaired) electrons. The van der Waals surface area contributed by atoms with Gasteiger partial charge in [-0.2, -0.15) is 0 Å². The average molecular weight is 387 g/mol. The Balaban J connectivity index is 1.35. The largest absolute Gasteiger partial charge is 0.486 e. The zero-order valence-electron chi connectivity index (χ0n) is 15.2. The summed E-state index contributed by atoms with van der Waals surface area (Å²) in [5, 5.41) is 3.58. The van der Waals surface area contributed by atoms with Crippen LogP contribution >= 0.6 is 11.6 Å². The van der Waals surface area contributed by atoms with Crippen LogP contribution in [0.15, 0.2) is 30.9 Å². The van der Waals surface area contributed by atoms with Crippen LogP contribution in [0.25, 0.3) is 11.1 Å². The maximum absolute atomic E-state index is 12.2. The van der Waals surface area contributed by atoms with Gasteiger partial charge in [0.15, 0.2) is 0 Å². The van der Waals surface area contributed by atoms with E-state index >= 15 is 0 Å². The van der Waals surface area contributed by atoms with Crippen LogP contribution in [0, 0.1) is 0 Å². The molecule has 1 fully saturated rings. The third-order valence-electron chi connectivity index (χ3n) is 5.09. The lowest BCUT2D eigenvalue weighted by Crippen LogP contribution is -2.42. The molecule has 7 heteroatoms. The van der Waals surface area contributed by atoms with Crippen molar-refractivity contribution in [2.45, 2.75) is 31.8 Å². The topological polar surface area (TPSA) is 67.4 Å². The Hall–Kier alpha value is -2.18. The number of nitrogens with one attached hydrogen (secondary N) is 1. The van der Waals surface area contributed by atoms with Crippen molar-refractivity contribution in [3.05, 3.63) is 41.4 Å². The van der Waals surface area contributed by atoms with Crippen LogP contribution in [0.4, 0.5) is 0 Å². The van der Waals surface area contributed by atoms with Gasteiger partial charge in [-0.25, -0.2) is 9.97 Å². The van der Waals surface area contributed by atoms with Crippen molar-refractivity contribution in [3.63, 3.8) is 0 Å². The predicted octanol–water partition coefficient (Wildman–Crippen LogP) is 2.70. The molecule has 1 amide bonds. The van der Waals surface area contributed by atoms with Gasteiger partial charge in [0.2, 0.25) is 5.91 Å². The maximum atomic E-state index is 12.2. The van der Waals surface area contributed by atoms with Crippen LogP contribution in [0.3, 0.4) is 0 Å². The van der Waals surface area contributed by atoms with Crippen LogP contribution in [0.5, 0.6) is 5.75 Å². The van der Waals surface area contributed by atoms with Crippen molar-refractivity contribution in [2.24, 2.45) is 0 Å². The minimum absolute atomic E-state index is 0.0599. The fourth-order valence-electron chi connectivity index (χ4n) is 3.72. The number of halogens is 1. The van der Waals surface area contributed by atoms with E-state index in [-0.39, 0.29) is 12.0 Å². The van der Waals surface area contributed by atoms with E-state index in [1.165, 1.54) is 25.6 Å². The first-order chi connectivity index (χ1) is 13.2. The first-order valence-electron chi connectivity index (χ1n) is 9.42. The van der Waals surface area contributed by atoms with E-state index in [1.54, 1.807) is 12.4 Å². The molecule has 2 aliphatic rings. The van der Waals surface area contributed by atoms with Gasteiger partial charge in [0.1, 0.15) is 18.2 Å². The number of nitrogens with zero attached hydrogens (tertiary/aromatic N) is 3. The third kappa shape index (κ3) is 4.39. The summed E-state index contributed by atoms with van der Waals surface area (Å²) in [6, 6.07) is 3.94. The molecule has 1 N–H and O–H groups in total. The second-order valence-electron chi connectivity index (χ2n) is 7.16. The molecule has 4 rings (SSSR count). The van der Waals surface area contributed by atoms with E-state index < -0.39 is 0 Å². The monoisotopic (exact) mass is 386 g/mol.